The summed E-state index contributed by atoms with van der Waals surface area (Å²) in [5.41, 5.74) is 2.19. The van der Waals surface area contributed by atoms with Crippen LogP contribution in [0, 0.1) is 11.3 Å². The molecule has 0 bridgehead atoms. The maximum atomic E-state index is 9.15. The average Bonchev–Trinajstić information content (AvgIpc) is 3.41. The second-order valence-electron chi connectivity index (χ2n) is 5.61. The first-order valence-electron chi connectivity index (χ1n) is 7.97. The van der Waals surface area contributed by atoms with Crippen LogP contribution in [0.15, 0.2) is 76.3 Å². The van der Waals surface area contributed by atoms with Crippen LogP contribution in [0.4, 0.5) is 11.5 Å². The molecule has 0 spiro atoms. The Balaban J connectivity index is 1.63. The number of rotatable bonds is 4. The molecular formula is C20H14N4S2. The molecule has 0 aliphatic rings. The highest BCUT2D eigenvalue weighted by Gasteiger charge is 2.11. The molecule has 0 radical (unpaired) electrons. The summed E-state index contributed by atoms with van der Waals surface area (Å²) < 4.78 is 2.02. The van der Waals surface area contributed by atoms with E-state index in [4.69, 9.17) is 5.26 Å². The van der Waals surface area contributed by atoms with Gasteiger partial charge in [0.15, 0.2) is 5.82 Å². The van der Waals surface area contributed by atoms with Gasteiger partial charge in [0.2, 0.25) is 0 Å². The molecule has 26 heavy (non-hydrogen) atoms. The van der Waals surface area contributed by atoms with Crippen molar-refractivity contribution >= 4 is 34.2 Å². The van der Waals surface area contributed by atoms with E-state index in [1.54, 1.807) is 34.8 Å². The Morgan fingerprint density at radius 1 is 0.885 bits per heavy atom. The van der Waals surface area contributed by atoms with E-state index in [0.29, 0.717) is 11.3 Å². The quantitative estimate of drug-likeness (QED) is 0.364. The van der Waals surface area contributed by atoms with Crippen molar-refractivity contribution in [3.05, 3.63) is 71.6 Å². The average molecular weight is 374 g/mol. The fourth-order valence-electron chi connectivity index (χ4n) is 2.64. The van der Waals surface area contributed by atoms with Crippen molar-refractivity contribution in [2.45, 2.75) is 0 Å². The van der Waals surface area contributed by atoms with Gasteiger partial charge in [-0.25, -0.2) is 0 Å². The van der Waals surface area contributed by atoms with Crippen LogP contribution in [0.1, 0.15) is 5.56 Å². The van der Waals surface area contributed by atoms with E-state index >= 15 is 0 Å². The van der Waals surface area contributed by atoms with Crippen molar-refractivity contribution < 1.29 is 0 Å². The number of hydrogen-bond acceptors (Lipinski definition) is 5. The topological polar surface area (TPSA) is 53.4 Å². The Morgan fingerprint density at radius 3 is 2.54 bits per heavy atom. The summed E-state index contributed by atoms with van der Waals surface area (Å²) in [6.45, 7) is 0. The van der Waals surface area contributed by atoms with Crippen molar-refractivity contribution in [3.63, 3.8) is 0 Å². The van der Waals surface area contributed by atoms with Crippen LogP contribution in [-0.4, -0.2) is 4.57 Å². The van der Waals surface area contributed by atoms with Gasteiger partial charge in [-0.1, -0.05) is 18.2 Å². The Hall–Kier alpha value is -3.01. The SMILES string of the molecule is Cn1c(N=Nc2ccccc2C#N)ccc1-c1ccc(-c2cccs2)s1. The largest absolute Gasteiger partial charge is 0.327 e. The van der Waals surface area contributed by atoms with Crippen LogP contribution in [0.2, 0.25) is 0 Å². The molecule has 0 unspecified atom stereocenters. The fourth-order valence-corrected chi connectivity index (χ4v) is 4.54. The number of benzene rings is 1. The molecule has 4 nitrogen and oxygen atoms in total. The molecule has 3 heterocycles. The summed E-state index contributed by atoms with van der Waals surface area (Å²) in [5, 5.41) is 19.8. The summed E-state index contributed by atoms with van der Waals surface area (Å²) in [7, 11) is 1.98. The molecule has 0 N–H and O–H groups in total. The molecule has 0 aliphatic carbocycles. The first kappa shape index (κ1) is 16.5. The van der Waals surface area contributed by atoms with Crippen LogP contribution in [0.25, 0.3) is 20.3 Å². The minimum Gasteiger partial charge on any atom is -0.327 e. The molecule has 1 aromatic carbocycles. The predicted molar refractivity (Wildman–Crippen MR) is 107 cm³/mol. The number of nitriles is 1. The van der Waals surface area contributed by atoms with Crippen molar-refractivity contribution in [1.82, 2.24) is 4.57 Å². The Morgan fingerprint density at radius 2 is 1.73 bits per heavy atom. The predicted octanol–water partition coefficient (Wildman–Crippen LogP) is 6.77. The Bertz CT molecular complexity index is 1110. The monoisotopic (exact) mass is 374 g/mol. The van der Waals surface area contributed by atoms with E-state index in [2.05, 4.69) is 52.0 Å². The van der Waals surface area contributed by atoms with Gasteiger partial charge in [0, 0.05) is 16.8 Å². The van der Waals surface area contributed by atoms with Gasteiger partial charge in [-0.2, -0.15) is 5.26 Å². The van der Waals surface area contributed by atoms with Crippen LogP contribution in [0.3, 0.4) is 0 Å². The highest BCUT2D eigenvalue weighted by molar-refractivity contribution is 7.23. The smallest absolute Gasteiger partial charge is 0.155 e. The lowest BCUT2D eigenvalue weighted by atomic mass is 10.2. The highest BCUT2D eigenvalue weighted by Crippen LogP contribution is 2.38. The first-order valence-corrected chi connectivity index (χ1v) is 9.66. The van der Waals surface area contributed by atoms with Crippen LogP contribution in [0.5, 0.6) is 0 Å². The standard InChI is InChI=1S/C20H14N4S2/c1-24-16(17-9-10-19(26-17)18-7-4-12-25-18)8-11-20(24)23-22-15-6-3-2-5-14(15)13-21/h2-12H,1H3. The van der Waals surface area contributed by atoms with E-state index in [9.17, 15) is 0 Å². The minimum atomic E-state index is 0.518. The third-order valence-corrected chi connectivity index (χ3v) is 6.18. The second kappa shape index (κ2) is 7.08. The number of aromatic nitrogens is 1. The lowest BCUT2D eigenvalue weighted by Crippen LogP contribution is -1.88. The maximum absolute atomic E-state index is 9.15. The summed E-state index contributed by atoms with van der Waals surface area (Å²) in [6, 6.07) is 21.8. The van der Waals surface area contributed by atoms with E-state index in [1.807, 2.05) is 29.8 Å². The van der Waals surface area contributed by atoms with Gasteiger partial charge >= 0.3 is 0 Å². The molecule has 0 amide bonds. The molecule has 0 aliphatic heterocycles. The zero-order valence-electron chi connectivity index (χ0n) is 14.0. The zero-order chi connectivity index (χ0) is 17.9. The molecule has 3 aromatic heterocycles. The third kappa shape index (κ3) is 3.10. The molecule has 0 atom stereocenters. The fraction of sp³-hybridized carbons (Fsp3) is 0.0500. The van der Waals surface area contributed by atoms with Gasteiger partial charge in [-0.05, 0) is 47.8 Å². The van der Waals surface area contributed by atoms with Gasteiger partial charge in [-0.3, -0.25) is 0 Å². The molecular weight excluding hydrogens is 360 g/mol. The Labute approximate surface area is 159 Å². The summed E-state index contributed by atoms with van der Waals surface area (Å²) in [4.78, 5) is 3.74. The molecule has 0 saturated heterocycles. The van der Waals surface area contributed by atoms with Crippen LogP contribution >= 0.6 is 22.7 Å². The number of hydrogen-bond donors (Lipinski definition) is 0. The zero-order valence-corrected chi connectivity index (χ0v) is 15.6. The normalized spacial score (nSPS) is 11.1. The van der Waals surface area contributed by atoms with Gasteiger partial charge in [0.25, 0.3) is 0 Å². The van der Waals surface area contributed by atoms with Gasteiger partial charge in [0.1, 0.15) is 11.8 Å². The summed E-state index contributed by atoms with van der Waals surface area (Å²) in [5.74, 6) is 0.749. The summed E-state index contributed by atoms with van der Waals surface area (Å²) in [6.07, 6.45) is 0. The first-order chi connectivity index (χ1) is 12.8. The van der Waals surface area contributed by atoms with Crippen LogP contribution < -0.4 is 0 Å². The minimum absolute atomic E-state index is 0.518. The van der Waals surface area contributed by atoms with Crippen molar-refractivity contribution in [2.75, 3.05) is 0 Å². The van der Waals surface area contributed by atoms with E-state index in [1.165, 1.54) is 14.6 Å². The number of azo groups is 1. The second-order valence-corrected chi connectivity index (χ2v) is 7.64. The number of nitrogens with zero attached hydrogens (tertiary/aromatic N) is 4. The molecule has 4 rings (SSSR count). The highest BCUT2D eigenvalue weighted by atomic mass is 32.1. The van der Waals surface area contributed by atoms with Gasteiger partial charge < -0.3 is 4.57 Å². The van der Waals surface area contributed by atoms with E-state index in [-0.39, 0.29) is 0 Å². The lowest BCUT2D eigenvalue weighted by molar-refractivity contribution is 0.920. The van der Waals surface area contributed by atoms with E-state index < -0.39 is 0 Å². The lowest BCUT2D eigenvalue weighted by Gasteiger charge is -2.02. The van der Waals surface area contributed by atoms with Gasteiger partial charge in [0.05, 0.1) is 16.1 Å². The van der Waals surface area contributed by atoms with Crippen LogP contribution in [-0.2, 0) is 7.05 Å². The van der Waals surface area contributed by atoms with Crippen molar-refractivity contribution in [1.29, 1.82) is 5.26 Å². The maximum Gasteiger partial charge on any atom is 0.155 e. The molecule has 6 heteroatoms. The number of thiophene rings is 2. The third-order valence-electron chi connectivity index (χ3n) is 4.00. The molecule has 0 saturated carbocycles. The summed E-state index contributed by atoms with van der Waals surface area (Å²) >= 11 is 3.51. The molecule has 0 fully saturated rings. The molecule has 126 valence electrons. The van der Waals surface area contributed by atoms with Crippen molar-refractivity contribution in [2.24, 2.45) is 17.3 Å². The van der Waals surface area contributed by atoms with Crippen molar-refractivity contribution in [3.8, 4) is 26.4 Å². The van der Waals surface area contributed by atoms with Gasteiger partial charge in [-0.15, -0.1) is 32.9 Å². The Kier molecular flexibility index (Phi) is 4.48. The molecule has 4 aromatic rings. The van der Waals surface area contributed by atoms with E-state index in [0.717, 1.165) is 11.5 Å².